The summed E-state index contributed by atoms with van der Waals surface area (Å²) in [5.41, 5.74) is 8.39. The smallest absolute Gasteiger partial charge is 0.180 e. The van der Waals surface area contributed by atoms with Crippen molar-refractivity contribution in [2.45, 2.75) is 6.92 Å². The molecular weight excluding hydrogens is 631 g/mol. The van der Waals surface area contributed by atoms with Gasteiger partial charge < -0.3 is 8.98 Å². The Morgan fingerprint density at radius 3 is 2.16 bits per heavy atom. The van der Waals surface area contributed by atoms with Gasteiger partial charge >= 0.3 is 0 Å². The van der Waals surface area contributed by atoms with Gasteiger partial charge in [-0.05, 0) is 42.7 Å². The largest absolute Gasteiger partial charge is 0.452 e. The molecule has 0 N–H and O–H groups in total. The first-order valence-corrected chi connectivity index (χ1v) is 17.6. The van der Waals surface area contributed by atoms with Crippen LogP contribution in [0.3, 0.4) is 0 Å². The Hall–Kier alpha value is -6.30. The average molecular weight is 660 g/mol. The Morgan fingerprint density at radius 2 is 1.38 bits per heavy atom. The maximum absolute atomic E-state index is 6.45. The lowest BCUT2D eigenvalue weighted by molar-refractivity contribution is 0.602. The van der Waals surface area contributed by atoms with E-state index in [2.05, 4.69) is 108 Å². The second-order valence-corrected chi connectivity index (χ2v) is 13.5. The van der Waals surface area contributed by atoms with Gasteiger partial charge in [-0.1, -0.05) is 122 Å². The number of thiophene rings is 1. The summed E-state index contributed by atoms with van der Waals surface area (Å²) in [7, 11) is 0. The number of rotatable bonds is 5. The second kappa shape index (κ2) is 11.1. The van der Waals surface area contributed by atoms with E-state index < -0.39 is 0 Å². The Balaban J connectivity index is 1.24. The van der Waals surface area contributed by atoms with Crippen LogP contribution in [0.15, 0.2) is 144 Å². The highest BCUT2D eigenvalue weighted by Gasteiger charge is 2.23. The van der Waals surface area contributed by atoms with E-state index in [9.17, 15) is 0 Å². The molecule has 0 radical (unpaired) electrons. The SMILES string of the molecule is C=Cc1c(/C=C\C)oc2c(-c3ccc(-n4c5ccccc5c5c6sc7ccccc7c6c6ccccc6c54)cc3)nc(-c3ccccc3)nc12. The van der Waals surface area contributed by atoms with E-state index >= 15 is 0 Å². The first-order valence-electron chi connectivity index (χ1n) is 16.7. The number of benzene rings is 6. The predicted octanol–water partition coefficient (Wildman–Crippen LogP) is 12.9. The molecule has 0 spiro atoms. The summed E-state index contributed by atoms with van der Waals surface area (Å²) in [6.45, 7) is 6.06. The molecule has 0 bridgehead atoms. The van der Waals surface area contributed by atoms with Gasteiger partial charge in [-0.25, -0.2) is 9.97 Å². The number of fused-ring (bicyclic) bond motifs is 11. The van der Waals surface area contributed by atoms with E-state index in [-0.39, 0.29) is 0 Å². The molecule has 236 valence electrons. The van der Waals surface area contributed by atoms with Crippen molar-refractivity contribution in [1.29, 1.82) is 0 Å². The van der Waals surface area contributed by atoms with Crippen molar-refractivity contribution in [3.63, 3.8) is 0 Å². The molecule has 5 heteroatoms. The summed E-state index contributed by atoms with van der Waals surface area (Å²) < 4.78 is 11.5. The molecule has 10 rings (SSSR count). The van der Waals surface area contributed by atoms with E-state index in [1.807, 2.05) is 66.8 Å². The van der Waals surface area contributed by atoms with Crippen LogP contribution in [0.25, 0.3) is 104 Å². The van der Waals surface area contributed by atoms with Crippen LogP contribution in [0.2, 0.25) is 0 Å². The monoisotopic (exact) mass is 659 g/mol. The van der Waals surface area contributed by atoms with Crippen LogP contribution in [0.1, 0.15) is 18.2 Å². The molecule has 0 unspecified atom stereocenters. The Morgan fingerprint density at radius 1 is 0.680 bits per heavy atom. The molecule has 6 aromatic carbocycles. The van der Waals surface area contributed by atoms with Crippen LogP contribution in [-0.4, -0.2) is 14.5 Å². The molecule has 4 aromatic heterocycles. The molecule has 0 aliphatic carbocycles. The first kappa shape index (κ1) is 28.7. The number of allylic oxidation sites excluding steroid dienone is 1. The quantitative estimate of drug-likeness (QED) is 0.185. The van der Waals surface area contributed by atoms with Crippen LogP contribution in [0, 0.1) is 0 Å². The number of furan rings is 1. The summed E-state index contributed by atoms with van der Waals surface area (Å²) in [6.07, 6.45) is 5.73. The Labute approximate surface area is 291 Å². The van der Waals surface area contributed by atoms with E-state index in [4.69, 9.17) is 14.4 Å². The third-order valence-corrected chi connectivity index (χ3v) is 10.9. The minimum Gasteiger partial charge on any atom is -0.452 e. The number of hydrogen-bond acceptors (Lipinski definition) is 4. The molecule has 4 heterocycles. The molecule has 0 aliphatic heterocycles. The fourth-order valence-electron chi connectivity index (χ4n) is 7.55. The Bertz CT molecular complexity index is 3000. The third kappa shape index (κ3) is 4.11. The summed E-state index contributed by atoms with van der Waals surface area (Å²) in [4.78, 5) is 10.1. The van der Waals surface area contributed by atoms with Crippen LogP contribution in [0.5, 0.6) is 0 Å². The molecule has 0 aliphatic rings. The van der Waals surface area contributed by atoms with E-state index in [1.54, 1.807) is 0 Å². The lowest BCUT2D eigenvalue weighted by atomic mass is 9.99. The fourth-order valence-corrected chi connectivity index (χ4v) is 8.83. The van der Waals surface area contributed by atoms with Crippen molar-refractivity contribution in [2.24, 2.45) is 0 Å². The van der Waals surface area contributed by atoms with Gasteiger partial charge in [-0.2, -0.15) is 0 Å². The average Bonchev–Trinajstić information content (AvgIpc) is 3.85. The van der Waals surface area contributed by atoms with E-state index in [0.29, 0.717) is 11.4 Å². The van der Waals surface area contributed by atoms with Gasteiger partial charge in [0.05, 0.1) is 11.0 Å². The van der Waals surface area contributed by atoms with Crippen LogP contribution < -0.4 is 0 Å². The summed E-state index contributed by atoms with van der Waals surface area (Å²) >= 11 is 1.89. The summed E-state index contributed by atoms with van der Waals surface area (Å²) in [5, 5.41) is 7.72. The first-order chi connectivity index (χ1) is 24.7. The molecule has 10 aromatic rings. The van der Waals surface area contributed by atoms with Gasteiger partial charge in [0.1, 0.15) is 17.0 Å². The summed E-state index contributed by atoms with van der Waals surface area (Å²) in [5.74, 6) is 1.37. The van der Waals surface area contributed by atoms with Crippen LogP contribution >= 0.6 is 11.3 Å². The van der Waals surface area contributed by atoms with Gasteiger partial charge in [-0.3, -0.25) is 0 Å². The molecule has 4 nitrogen and oxygen atoms in total. The van der Waals surface area contributed by atoms with Crippen LogP contribution in [-0.2, 0) is 0 Å². The zero-order chi connectivity index (χ0) is 33.3. The number of para-hydroxylation sites is 1. The maximum atomic E-state index is 6.45. The molecule has 0 fully saturated rings. The van der Waals surface area contributed by atoms with Crippen molar-refractivity contribution in [1.82, 2.24) is 14.5 Å². The van der Waals surface area contributed by atoms with Crippen molar-refractivity contribution < 1.29 is 4.42 Å². The molecule has 0 saturated carbocycles. The van der Waals surface area contributed by atoms with Crippen LogP contribution in [0.4, 0.5) is 0 Å². The van der Waals surface area contributed by atoms with Gasteiger partial charge in [0.2, 0.25) is 0 Å². The highest BCUT2D eigenvalue weighted by Crippen LogP contribution is 2.48. The van der Waals surface area contributed by atoms with Crippen molar-refractivity contribution in [3.05, 3.63) is 151 Å². The zero-order valence-electron chi connectivity index (χ0n) is 27.2. The van der Waals surface area contributed by atoms with Crippen molar-refractivity contribution in [3.8, 4) is 28.3 Å². The van der Waals surface area contributed by atoms with Crippen molar-refractivity contribution >= 4 is 87.3 Å². The molecule has 0 saturated heterocycles. The second-order valence-electron chi connectivity index (χ2n) is 12.5. The normalized spacial score (nSPS) is 12.1. The molecular formula is C45H29N3OS. The van der Waals surface area contributed by atoms with Gasteiger partial charge in [0, 0.05) is 58.7 Å². The maximum Gasteiger partial charge on any atom is 0.180 e. The highest BCUT2D eigenvalue weighted by molar-refractivity contribution is 7.27. The molecule has 50 heavy (non-hydrogen) atoms. The van der Waals surface area contributed by atoms with E-state index in [1.165, 1.54) is 52.8 Å². The van der Waals surface area contributed by atoms with Crippen molar-refractivity contribution in [2.75, 3.05) is 0 Å². The fraction of sp³-hybridized carbons (Fsp3) is 0.0222. The lowest BCUT2D eigenvalue weighted by Gasteiger charge is -2.12. The van der Waals surface area contributed by atoms with Gasteiger partial charge in [0.15, 0.2) is 11.4 Å². The highest BCUT2D eigenvalue weighted by atomic mass is 32.1. The minimum absolute atomic E-state index is 0.648. The van der Waals surface area contributed by atoms with E-state index in [0.717, 1.165) is 39.3 Å². The standard InChI is InChI=1S/C45H29N3OS/c1-3-14-36-30(4-2)41-43(49-36)40(46-45(47-41)28-15-6-5-7-16-28)27-23-25-29(26-24-27)48-35-21-12-10-19-33(35)39-42(48)32-18-9-8-17-31(32)38-34-20-11-13-22-37(34)50-44(38)39/h3-26H,2H2,1H3/b14-3-. The van der Waals surface area contributed by atoms with Gasteiger partial charge in [0.25, 0.3) is 0 Å². The minimum atomic E-state index is 0.648. The molecule has 0 atom stereocenters. The number of nitrogens with zero attached hydrogens (tertiary/aromatic N) is 3. The topological polar surface area (TPSA) is 43.9 Å². The Kier molecular flexibility index (Phi) is 6.38. The predicted molar refractivity (Wildman–Crippen MR) is 212 cm³/mol. The summed E-state index contributed by atoms with van der Waals surface area (Å²) in [6, 6.07) is 45.2. The van der Waals surface area contributed by atoms with Gasteiger partial charge in [-0.15, -0.1) is 11.3 Å². The zero-order valence-corrected chi connectivity index (χ0v) is 28.0. The molecule has 0 amide bonds. The number of hydrogen-bond donors (Lipinski definition) is 0. The third-order valence-electron chi connectivity index (χ3n) is 9.70. The lowest BCUT2D eigenvalue weighted by Crippen LogP contribution is -1.96. The number of aromatic nitrogens is 3.